The third-order valence-corrected chi connectivity index (χ3v) is 4.41. The summed E-state index contributed by atoms with van der Waals surface area (Å²) in [5.74, 6) is 0.921. The predicted octanol–water partition coefficient (Wildman–Crippen LogP) is 4.50. The third kappa shape index (κ3) is 2.25. The summed E-state index contributed by atoms with van der Waals surface area (Å²) in [6.07, 6.45) is 0. The number of imidazole rings is 1. The van der Waals surface area contributed by atoms with Crippen LogP contribution in [0.3, 0.4) is 0 Å². The number of aryl methyl sites for hydroxylation is 3. The number of hydrogen-bond donors (Lipinski definition) is 1. The topological polar surface area (TPSA) is 19.7 Å². The van der Waals surface area contributed by atoms with Crippen LogP contribution in [0, 0.1) is 34.6 Å². The first-order valence-corrected chi connectivity index (χ1v) is 7.69. The summed E-state index contributed by atoms with van der Waals surface area (Å²) in [5, 5.41) is 0. The van der Waals surface area contributed by atoms with Crippen LogP contribution in [0.25, 0.3) is 17.1 Å². The van der Waals surface area contributed by atoms with Gasteiger partial charge in [0.25, 0.3) is 5.82 Å². The van der Waals surface area contributed by atoms with Crippen molar-refractivity contribution < 1.29 is 5.98 Å². The van der Waals surface area contributed by atoms with E-state index < -0.39 is 0 Å². The Balaban J connectivity index is 2.44. The van der Waals surface area contributed by atoms with Crippen molar-refractivity contribution in [3.63, 3.8) is 0 Å². The zero-order valence-electron chi connectivity index (χ0n) is 14.9. The zero-order chi connectivity index (χ0) is 16.7. The molecule has 0 radical (unpaired) electrons. The summed E-state index contributed by atoms with van der Waals surface area (Å²) < 4.78 is 10.8. The highest BCUT2D eigenvalue weighted by Gasteiger charge is 2.25. The van der Waals surface area contributed by atoms with Gasteiger partial charge in [-0.05, 0) is 43.5 Å². The Morgan fingerprint density at radius 1 is 0.818 bits per heavy atom. The van der Waals surface area contributed by atoms with E-state index in [2.05, 4.69) is 74.7 Å². The first-order chi connectivity index (χ1) is 10.9. The molecule has 1 heterocycles. The molecule has 0 saturated carbocycles. The van der Waals surface area contributed by atoms with Crippen LogP contribution >= 0.6 is 0 Å². The minimum Gasteiger partial charge on any atom is -0.240 e. The monoisotopic (exact) mass is 292 g/mol. The highest BCUT2D eigenvalue weighted by molar-refractivity contribution is 5.63. The fraction of sp³-hybridized carbons (Fsp3) is 0.250. The first kappa shape index (κ1) is 13.3. The minimum absolute atomic E-state index is 0.921. The summed E-state index contributed by atoms with van der Waals surface area (Å²) in [7, 11) is 0. The van der Waals surface area contributed by atoms with Gasteiger partial charge in [0.05, 0.1) is 5.56 Å². The molecule has 3 aromatic rings. The Kier molecular flexibility index (Phi) is 3.30. The summed E-state index contributed by atoms with van der Waals surface area (Å²) in [6.45, 7) is 10.4. The molecule has 0 atom stereocenters. The zero-order valence-corrected chi connectivity index (χ0v) is 13.9. The summed E-state index contributed by atoms with van der Waals surface area (Å²) in [5.41, 5.74) is 7.94. The van der Waals surface area contributed by atoms with Crippen molar-refractivity contribution >= 4 is 0 Å². The van der Waals surface area contributed by atoms with Crippen molar-refractivity contribution in [1.29, 1.82) is 0 Å². The van der Waals surface area contributed by atoms with Crippen molar-refractivity contribution in [2.75, 3.05) is 0 Å². The molecular weight excluding hydrogens is 268 g/mol. The number of aromatic amines is 1. The number of nitrogens with one attached hydrogen (secondary N) is 1. The van der Waals surface area contributed by atoms with E-state index >= 15 is 0 Å². The molecule has 0 spiro atoms. The van der Waals surface area contributed by atoms with Crippen molar-refractivity contribution in [2.24, 2.45) is 0 Å². The van der Waals surface area contributed by atoms with Crippen LogP contribution in [-0.2, 0) is 0 Å². The van der Waals surface area contributed by atoms with Gasteiger partial charge in [0, 0.05) is 13.8 Å². The quantitative estimate of drug-likeness (QED) is 0.671. The van der Waals surface area contributed by atoms with E-state index in [1.807, 2.05) is 6.92 Å². The fourth-order valence-corrected chi connectivity index (χ4v) is 3.05. The first-order valence-electron chi connectivity index (χ1n) is 8.14. The molecule has 0 aliphatic heterocycles. The van der Waals surface area contributed by atoms with Gasteiger partial charge in [-0.2, -0.15) is 4.57 Å². The van der Waals surface area contributed by atoms with Crippen LogP contribution in [0.4, 0.5) is 0 Å². The van der Waals surface area contributed by atoms with Crippen LogP contribution in [0.2, 0.25) is 1.41 Å². The van der Waals surface area contributed by atoms with Crippen molar-refractivity contribution in [3.05, 3.63) is 70.5 Å². The van der Waals surface area contributed by atoms with Gasteiger partial charge < -0.3 is 0 Å². The molecule has 2 aromatic carbocycles. The summed E-state index contributed by atoms with van der Waals surface area (Å²) in [6, 6.07) is 14.6. The molecule has 0 aliphatic rings. The van der Waals surface area contributed by atoms with Crippen molar-refractivity contribution in [1.82, 2.24) is 4.98 Å². The standard InChI is InChI=1S/C20H22N2/c1-13-9-6-7-12-18(13)22-17(5)16(4)21-20(22)19-14(2)10-8-11-15(19)3/h6-12H,1-5H3/p+1/i/hD. The van der Waals surface area contributed by atoms with E-state index in [0.29, 0.717) is 0 Å². The van der Waals surface area contributed by atoms with E-state index in [1.54, 1.807) is 4.98 Å². The second-order valence-corrected chi connectivity index (χ2v) is 5.99. The van der Waals surface area contributed by atoms with Gasteiger partial charge in [-0.1, -0.05) is 36.4 Å². The van der Waals surface area contributed by atoms with Gasteiger partial charge in [-0.15, -0.1) is 0 Å². The Morgan fingerprint density at radius 2 is 1.41 bits per heavy atom. The Hall–Kier alpha value is -2.35. The SMILES string of the molecule is [2H]n1c(C)c(C)[n+](-c2ccccc2C)c1-c1c(C)cccc1C. The number of benzene rings is 2. The van der Waals surface area contributed by atoms with Gasteiger partial charge in [0.15, 0.2) is 0 Å². The molecule has 3 rings (SSSR count). The molecule has 0 unspecified atom stereocenters. The lowest BCUT2D eigenvalue weighted by molar-refractivity contribution is -0.589. The maximum atomic E-state index is 8.60. The lowest BCUT2D eigenvalue weighted by Crippen LogP contribution is -2.35. The molecule has 0 aliphatic carbocycles. The van der Waals surface area contributed by atoms with E-state index in [1.165, 1.54) is 16.7 Å². The summed E-state index contributed by atoms with van der Waals surface area (Å²) in [4.78, 5) is 1.57. The van der Waals surface area contributed by atoms with E-state index in [4.69, 9.17) is 1.41 Å². The van der Waals surface area contributed by atoms with Crippen LogP contribution < -0.4 is 4.57 Å². The minimum atomic E-state index is 0.921. The lowest BCUT2D eigenvalue weighted by Gasteiger charge is -2.09. The number of hydrogen-bond acceptors (Lipinski definition) is 0. The molecule has 1 aromatic heterocycles. The van der Waals surface area contributed by atoms with Crippen LogP contribution in [0.5, 0.6) is 0 Å². The second-order valence-electron chi connectivity index (χ2n) is 5.99. The van der Waals surface area contributed by atoms with Crippen LogP contribution in [0.15, 0.2) is 42.5 Å². The highest BCUT2D eigenvalue weighted by Crippen LogP contribution is 2.26. The molecule has 0 fully saturated rings. The average molecular weight is 292 g/mol. The molecule has 2 nitrogen and oxygen atoms in total. The van der Waals surface area contributed by atoms with Gasteiger partial charge in [-0.3, -0.25) is 0 Å². The molecule has 1 N–H and O–H groups in total. The molecule has 112 valence electrons. The number of H-pyrrole nitrogens is 1. The van der Waals surface area contributed by atoms with Crippen molar-refractivity contribution in [2.45, 2.75) is 34.6 Å². The Morgan fingerprint density at radius 3 is 2.05 bits per heavy atom. The Bertz CT molecular complexity index is 871. The van der Waals surface area contributed by atoms with Gasteiger partial charge in [0.2, 0.25) is 0 Å². The largest absolute Gasteiger partial charge is 0.312 e. The normalized spacial score (nSPS) is 11.6. The van der Waals surface area contributed by atoms with Crippen molar-refractivity contribution in [3.8, 4) is 17.1 Å². The highest BCUT2D eigenvalue weighted by atomic mass is 15.1. The number of rotatable bonds is 2. The fourth-order valence-electron chi connectivity index (χ4n) is 3.05. The maximum Gasteiger partial charge on any atom is 0.312 e. The maximum absolute atomic E-state index is 8.60. The molecule has 2 heteroatoms. The average Bonchev–Trinajstić information content (AvgIpc) is 2.73. The van der Waals surface area contributed by atoms with Gasteiger partial charge >= 0.3 is 1.41 Å². The smallest absolute Gasteiger partial charge is 0.240 e. The number of nitrogens with zero attached hydrogens (tertiary/aromatic N) is 1. The number of aromatic nitrogens is 2. The molecule has 0 saturated heterocycles. The van der Waals surface area contributed by atoms with Crippen LogP contribution in [0.1, 0.15) is 28.1 Å². The van der Waals surface area contributed by atoms with E-state index in [0.717, 1.165) is 28.5 Å². The second kappa shape index (κ2) is 5.45. The molecule has 0 bridgehead atoms. The van der Waals surface area contributed by atoms with Gasteiger partial charge in [-0.25, -0.2) is 4.98 Å². The van der Waals surface area contributed by atoms with Crippen LogP contribution in [-0.4, -0.2) is 4.98 Å². The third-order valence-electron chi connectivity index (χ3n) is 4.41. The molecule has 22 heavy (non-hydrogen) atoms. The Labute approximate surface area is 133 Å². The van der Waals surface area contributed by atoms with Gasteiger partial charge in [0.1, 0.15) is 17.1 Å². The predicted molar refractivity (Wildman–Crippen MR) is 91.4 cm³/mol. The van der Waals surface area contributed by atoms with E-state index in [9.17, 15) is 0 Å². The lowest BCUT2D eigenvalue weighted by atomic mass is 10.0. The number of para-hydroxylation sites is 1. The van der Waals surface area contributed by atoms with E-state index in [-0.39, 0.29) is 0 Å². The molecular formula is C20H23N2+. The molecule has 0 amide bonds. The summed E-state index contributed by atoms with van der Waals surface area (Å²) >= 11 is 0.